The van der Waals surface area contributed by atoms with Gasteiger partial charge in [0.15, 0.2) is 0 Å². The minimum atomic E-state index is -0.703. The first-order chi connectivity index (χ1) is 12.3. The molecule has 0 unspecified atom stereocenters. The predicted octanol–water partition coefficient (Wildman–Crippen LogP) is 6.24. The molecule has 0 radical (unpaired) electrons. The number of carboxylic acid groups (broad SMARTS) is 1. The third kappa shape index (κ3) is 5.02. The summed E-state index contributed by atoms with van der Waals surface area (Å²) in [6.07, 6.45) is 8.40. The Morgan fingerprint density at radius 3 is 2.54 bits per heavy atom. The summed E-state index contributed by atoms with van der Waals surface area (Å²) in [5.74, 6) is -0.112. The molecule has 2 N–H and O–H groups in total. The fourth-order valence-corrected chi connectivity index (χ4v) is 4.40. The van der Waals surface area contributed by atoms with Crippen molar-refractivity contribution in [1.82, 2.24) is 0 Å². The van der Waals surface area contributed by atoms with Crippen LogP contribution in [0, 0.1) is 11.8 Å². The van der Waals surface area contributed by atoms with Crippen molar-refractivity contribution in [2.75, 3.05) is 0 Å². The number of aromatic hydroxyl groups is 1. The molecule has 3 heteroatoms. The highest BCUT2D eigenvalue weighted by Gasteiger charge is 2.34. The van der Waals surface area contributed by atoms with Gasteiger partial charge in [0.25, 0.3) is 0 Å². The Morgan fingerprint density at radius 2 is 1.92 bits per heavy atom. The highest BCUT2D eigenvalue weighted by atomic mass is 16.4. The molecule has 0 aromatic heterocycles. The van der Waals surface area contributed by atoms with E-state index in [0.29, 0.717) is 18.1 Å². The molecule has 0 bridgehead atoms. The molecule has 0 spiro atoms. The van der Waals surface area contributed by atoms with Gasteiger partial charge in [-0.25, -0.2) is 0 Å². The lowest BCUT2D eigenvalue weighted by atomic mass is 9.71. The van der Waals surface area contributed by atoms with E-state index in [-0.39, 0.29) is 17.3 Å². The van der Waals surface area contributed by atoms with Gasteiger partial charge in [-0.15, -0.1) is 0 Å². The van der Waals surface area contributed by atoms with Crippen LogP contribution < -0.4 is 0 Å². The van der Waals surface area contributed by atoms with Gasteiger partial charge >= 0.3 is 5.97 Å². The second-order valence-electron chi connectivity index (χ2n) is 8.90. The number of benzene rings is 1. The van der Waals surface area contributed by atoms with Crippen LogP contribution in [0.5, 0.6) is 5.75 Å². The number of phenolic OH excluding ortho intramolecular Hbond substituents is 1. The monoisotopic (exact) mass is 360 g/mol. The van der Waals surface area contributed by atoms with E-state index < -0.39 is 5.97 Å². The molecule has 1 aliphatic rings. The number of hydrogen-bond donors (Lipinski definition) is 2. The summed E-state index contributed by atoms with van der Waals surface area (Å²) in [5, 5.41) is 20.1. The Labute approximate surface area is 158 Å². The second kappa shape index (κ2) is 8.92. The van der Waals surface area contributed by atoms with E-state index in [1.54, 1.807) is 0 Å². The molecule has 3 nitrogen and oxygen atoms in total. The molecule has 0 aliphatic heterocycles. The zero-order valence-corrected chi connectivity index (χ0v) is 16.9. The number of aliphatic carboxylic acids is 1. The lowest BCUT2D eigenvalue weighted by Gasteiger charge is -2.34. The van der Waals surface area contributed by atoms with Crippen LogP contribution in [0.2, 0.25) is 0 Å². The molecule has 0 amide bonds. The molecule has 1 aromatic carbocycles. The van der Waals surface area contributed by atoms with E-state index in [2.05, 4.69) is 33.8 Å². The lowest BCUT2D eigenvalue weighted by molar-refractivity contribution is -0.143. The van der Waals surface area contributed by atoms with Gasteiger partial charge in [-0.1, -0.05) is 65.5 Å². The summed E-state index contributed by atoms with van der Waals surface area (Å²) in [7, 11) is 0. The molecule has 1 aliphatic carbocycles. The summed E-state index contributed by atoms with van der Waals surface area (Å²) in [4.78, 5) is 11.4. The average Bonchev–Trinajstić information content (AvgIpc) is 2.59. The van der Waals surface area contributed by atoms with Crippen molar-refractivity contribution in [2.24, 2.45) is 11.8 Å². The fraction of sp³-hybridized carbons (Fsp3) is 0.696. The lowest BCUT2D eigenvalue weighted by Crippen LogP contribution is -2.26. The molecule has 26 heavy (non-hydrogen) atoms. The first-order valence-corrected chi connectivity index (χ1v) is 10.3. The van der Waals surface area contributed by atoms with Gasteiger partial charge in [-0.2, -0.15) is 0 Å². The van der Waals surface area contributed by atoms with Crippen molar-refractivity contribution in [3.63, 3.8) is 0 Å². The van der Waals surface area contributed by atoms with Gasteiger partial charge in [0.1, 0.15) is 5.75 Å². The van der Waals surface area contributed by atoms with Crippen LogP contribution in [0.15, 0.2) is 18.2 Å². The maximum atomic E-state index is 11.4. The zero-order valence-electron chi connectivity index (χ0n) is 16.9. The first kappa shape index (κ1) is 20.8. The van der Waals surface area contributed by atoms with Crippen molar-refractivity contribution in [3.8, 4) is 5.75 Å². The van der Waals surface area contributed by atoms with Crippen LogP contribution in [0.25, 0.3) is 0 Å². The molecule has 146 valence electrons. The van der Waals surface area contributed by atoms with Crippen LogP contribution in [0.4, 0.5) is 0 Å². The molecule has 1 aromatic rings. The normalized spacial score (nSPS) is 23.8. The maximum absolute atomic E-state index is 11.4. The number of unbranched alkanes of at least 4 members (excludes halogenated alkanes) is 3. The summed E-state index contributed by atoms with van der Waals surface area (Å²) < 4.78 is 0. The smallest absolute Gasteiger partial charge is 0.306 e. The van der Waals surface area contributed by atoms with E-state index in [9.17, 15) is 15.0 Å². The van der Waals surface area contributed by atoms with E-state index in [4.69, 9.17) is 0 Å². The Bertz CT molecular complexity index is 605. The molecular weight excluding hydrogens is 324 g/mol. The summed E-state index contributed by atoms with van der Waals surface area (Å²) in [6.45, 7) is 8.89. The van der Waals surface area contributed by atoms with Crippen molar-refractivity contribution in [3.05, 3.63) is 29.3 Å². The summed E-state index contributed by atoms with van der Waals surface area (Å²) in [5.41, 5.74) is 2.15. The molecule has 0 saturated heterocycles. The molecule has 3 atom stereocenters. The highest BCUT2D eigenvalue weighted by molar-refractivity contribution is 5.70. The Hall–Kier alpha value is -1.51. The third-order valence-electron chi connectivity index (χ3n) is 6.41. The Balaban J connectivity index is 2.14. The summed E-state index contributed by atoms with van der Waals surface area (Å²) in [6, 6.07) is 6.11. The van der Waals surface area contributed by atoms with Gasteiger partial charge in [-0.05, 0) is 60.1 Å². The Kier molecular flexibility index (Phi) is 7.14. The predicted molar refractivity (Wildman–Crippen MR) is 107 cm³/mol. The zero-order chi connectivity index (χ0) is 19.3. The largest absolute Gasteiger partial charge is 0.508 e. The van der Waals surface area contributed by atoms with Crippen molar-refractivity contribution < 1.29 is 15.0 Å². The van der Waals surface area contributed by atoms with E-state index in [0.717, 1.165) is 24.8 Å². The standard InChI is InChI=1S/C23H36O3/c1-5-6-7-8-13-23(3,4)18-11-12-19(21(24)15-18)20-14-17(22(25)26)10-9-16(20)2/h11-12,15-17,20,24H,5-10,13-14H2,1-4H3,(H,25,26)/t16-,17-,20-/m1/s1. The number of hydrogen-bond acceptors (Lipinski definition) is 2. The molecule has 2 rings (SSSR count). The summed E-state index contributed by atoms with van der Waals surface area (Å²) >= 11 is 0. The number of rotatable bonds is 8. The van der Waals surface area contributed by atoms with Gasteiger partial charge in [0, 0.05) is 0 Å². The molecule has 0 heterocycles. The van der Waals surface area contributed by atoms with Crippen LogP contribution in [-0.2, 0) is 10.2 Å². The third-order valence-corrected chi connectivity index (χ3v) is 6.41. The number of phenols is 1. The highest BCUT2D eigenvalue weighted by Crippen LogP contribution is 2.44. The minimum absolute atomic E-state index is 0.0472. The first-order valence-electron chi connectivity index (χ1n) is 10.3. The molecule has 1 fully saturated rings. The topological polar surface area (TPSA) is 57.5 Å². The van der Waals surface area contributed by atoms with E-state index >= 15 is 0 Å². The van der Waals surface area contributed by atoms with Crippen molar-refractivity contribution in [2.45, 2.75) is 90.4 Å². The molecular formula is C23H36O3. The number of carbonyl (C=O) groups is 1. The van der Waals surface area contributed by atoms with Crippen molar-refractivity contribution in [1.29, 1.82) is 0 Å². The second-order valence-corrected chi connectivity index (χ2v) is 8.90. The van der Waals surface area contributed by atoms with Gasteiger partial charge in [-0.3, -0.25) is 4.79 Å². The molecule has 1 saturated carbocycles. The maximum Gasteiger partial charge on any atom is 0.306 e. The van der Waals surface area contributed by atoms with Gasteiger partial charge < -0.3 is 10.2 Å². The quantitative estimate of drug-likeness (QED) is 0.539. The van der Waals surface area contributed by atoms with E-state index in [1.807, 2.05) is 12.1 Å². The van der Waals surface area contributed by atoms with Crippen LogP contribution in [0.3, 0.4) is 0 Å². The Morgan fingerprint density at radius 1 is 1.19 bits per heavy atom. The number of carboxylic acids is 1. The average molecular weight is 361 g/mol. The van der Waals surface area contributed by atoms with Crippen LogP contribution in [0.1, 0.15) is 96.1 Å². The van der Waals surface area contributed by atoms with E-state index in [1.165, 1.54) is 31.2 Å². The van der Waals surface area contributed by atoms with Crippen molar-refractivity contribution >= 4 is 5.97 Å². The fourth-order valence-electron chi connectivity index (χ4n) is 4.40. The van der Waals surface area contributed by atoms with Crippen LogP contribution >= 0.6 is 0 Å². The SMILES string of the molecule is CCCCCCC(C)(C)c1ccc([C@@H]2C[C@H](C(=O)O)CC[C@H]2C)c(O)c1. The van der Waals surface area contributed by atoms with Gasteiger partial charge in [0.05, 0.1) is 5.92 Å². The van der Waals surface area contributed by atoms with Crippen LogP contribution in [-0.4, -0.2) is 16.2 Å². The van der Waals surface area contributed by atoms with Gasteiger partial charge in [0.2, 0.25) is 0 Å². The minimum Gasteiger partial charge on any atom is -0.508 e.